The summed E-state index contributed by atoms with van der Waals surface area (Å²) in [6.45, 7) is 0. The van der Waals surface area contributed by atoms with Gasteiger partial charge in [-0.3, -0.25) is 0 Å². The van der Waals surface area contributed by atoms with E-state index in [1.165, 1.54) is 29.7 Å². The van der Waals surface area contributed by atoms with Crippen LogP contribution in [0.2, 0.25) is 0 Å². The van der Waals surface area contributed by atoms with Gasteiger partial charge in [0, 0.05) is 10.9 Å². The second-order valence-electron chi connectivity index (χ2n) is 5.38. The van der Waals surface area contributed by atoms with Gasteiger partial charge >= 0.3 is 0 Å². The molecule has 1 unspecified atom stereocenters. The summed E-state index contributed by atoms with van der Waals surface area (Å²) in [5.74, 6) is -0.331. The molecule has 104 valence electrons. The first-order valence-electron chi connectivity index (χ1n) is 6.86. The SMILES string of the molecule is OC(Cc1ccc2c(c1)CCC2)c1cc(F)cc(Br)c1. The molecule has 2 aromatic carbocycles. The molecule has 0 saturated heterocycles. The molecular formula is C17H16BrFO. The zero-order valence-corrected chi connectivity index (χ0v) is 12.7. The largest absolute Gasteiger partial charge is 0.388 e. The van der Waals surface area contributed by atoms with Gasteiger partial charge in [-0.25, -0.2) is 4.39 Å². The summed E-state index contributed by atoms with van der Waals surface area (Å²) in [5.41, 5.74) is 4.54. The van der Waals surface area contributed by atoms with Gasteiger partial charge in [-0.1, -0.05) is 34.1 Å². The molecule has 1 atom stereocenters. The van der Waals surface area contributed by atoms with E-state index in [1.54, 1.807) is 6.07 Å². The van der Waals surface area contributed by atoms with Gasteiger partial charge in [0.2, 0.25) is 0 Å². The van der Waals surface area contributed by atoms with Crippen LogP contribution in [0.25, 0.3) is 0 Å². The number of hydrogen-bond acceptors (Lipinski definition) is 1. The lowest BCUT2D eigenvalue weighted by atomic mass is 9.98. The standard InChI is InChI=1S/C17H16BrFO/c18-15-8-14(9-16(19)10-15)17(20)7-11-4-5-12-2-1-3-13(12)6-11/h4-6,8-10,17,20H,1-3,7H2. The number of hydrogen-bond donors (Lipinski definition) is 1. The van der Waals surface area contributed by atoms with Crippen LogP contribution in [0.15, 0.2) is 40.9 Å². The van der Waals surface area contributed by atoms with Crippen molar-refractivity contribution in [2.24, 2.45) is 0 Å². The van der Waals surface area contributed by atoms with Crippen LogP contribution >= 0.6 is 15.9 Å². The van der Waals surface area contributed by atoms with Gasteiger partial charge in [-0.2, -0.15) is 0 Å². The molecule has 1 aliphatic rings. The highest BCUT2D eigenvalue weighted by atomic mass is 79.9. The summed E-state index contributed by atoms with van der Waals surface area (Å²) in [6.07, 6.45) is 3.35. The molecule has 0 radical (unpaired) electrons. The Morgan fingerprint density at radius 2 is 1.90 bits per heavy atom. The highest BCUT2D eigenvalue weighted by Crippen LogP contribution is 2.27. The van der Waals surface area contributed by atoms with Gasteiger partial charge < -0.3 is 5.11 Å². The van der Waals surface area contributed by atoms with Crippen molar-refractivity contribution in [1.82, 2.24) is 0 Å². The van der Waals surface area contributed by atoms with E-state index in [0.717, 1.165) is 18.4 Å². The van der Waals surface area contributed by atoms with Crippen LogP contribution in [0.5, 0.6) is 0 Å². The number of aliphatic hydroxyl groups is 1. The Hall–Kier alpha value is -1.19. The monoisotopic (exact) mass is 334 g/mol. The minimum Gasteiger partial charge on any atom is -0.388 e. The van der Waals surface area contributed by atoms with E-state index in [4.69, 9.17) is 0 Å². The van der Waals surface area contributed by atoms with Crippen LogP contribution in [-0.4, -0.2) is 5.11 Å². The third kappa shape index (κ3) is 2.94. The van der Waals surface area contributed by atoms with E-state index in [2.05, 4.69) is 34.1 Å². The van der Waals surface area contributed by atoms with Crippen molar-refractivity contribution in [3.63, 3.8) is 0 Å². The van der Waals surface area contributed by atoms with Crippen molar-refractivity contribution in [1.29, 1.82) is 0 Å². The van der Waals surface area contributed by atoms with Gasteiger partial charge in [0.15, 0.2) is 0 Å². The highest BCUT2D eigenvalue weighted by molar-refractivity contribution is 9.10. The molecule has 0 saturated carbocycles. The summed E-state index contributed by atoms with van der Waals surface area (Å²) < 4.78 is 14.0. The van der Waals surface area contributed by atoms with Crippen molar-refractivity contribution in [2.75, 3.05) is 0 Å². The Morgan fingerprint density at radius 1 is 1.10 bits per heavy atom. The van der Waals surface area contributed by atoms with Gasteiger partial charge in [-0.05, 0) is 59.7 Å². The molecule has 0 heterocycles. The Balaban J connectivity index is 1.80. The van der Waals surface area contributed by atoms with Crippen LogP contribution in [0.3, 0.4) is 0 Å². The van der Waals surface area contributed by atoms with E-state index < -0.39 is 6.10 Å². The number of fused-ring (bicyclic) bond motifs is 1. The number of aryl methyl sites for hydroxylation is 2. The fraction of sp³-hybridized carbons (Fsp3) is 0.294. The molecular weight excluding hydrogens is 319 g/mol. The van der Waals surface area contributed by atoms with Crippen LogP contribution in [-0.2, 0) is 19.3 Å². The quantitative estimate of drug-likeness (QED) is 0.884. The molecule has 0 fully saturated rings. The molecule has 1 N–H and O–H groups in total. The van der Waals surface area contributed by atoms with Crippen LogP contribution in [0, 0.1) is 5.82 Å². The Labute approximate surface area is 126 Å². The fourth-order valence-corrected chi connectivity index (χ4v) is 3.34. The molecule has 0 aliphatic heterocycles. The lowest BCUT2D eigenvalue weighted by molar-refractivity contribution is 0.178. The third-order valence-electron chi connectivity index (χ3n) is 3.86. The van der Waals surface area contributed by atoms with Crippen molar-refractivity contribution in [3.8, 4) is 0 Å². The second-order valence-corrected chi connectivity index (χ2v) is 6.29. The van der Waals surface area contributed by atoms with Crippen LogP contribution < -0.4 is 0 Å². The van der Waals surface area contributed by atoms with E-state index in [0.29, 0.717) is 16.5 Å². The van der Waals surface area contributed by atoms with Crippen molar-refractivity contribution in [2.45, 2.75) is 31.8 Å². The summed E-state index contributed by atoms with van der Waals surface area (Å²) in [5, 5.41) is 10.3. The van der Waals surface area contributed by atoms with Crippen molar-refractivity contribution >= 4 is 15.9 Å². The highest BCUT2D eigenvalue weighted by Gasteiger charge is 2.14. The zero-order chi connectivity index (χ0) is 14.1. The van der Waals surface area contributed by atoms with E-state index in [1.807, 2.05) is 0 Å². The minimum atomic E-state index is -0.679. The molecule has 3 heteroatoms. The Bertz CT molecular complexity index is 619. The van der Waals surface area contributed by atoms with E-state index >= 15 is 0 Å². The van der Waals surface area contributed by atoms with Crippen molar-refractivity contribution < 1.29 is 9.50 Å². The normalized spacial score (nSPS) is 15.2. The van der Waals surface area contributed by atoms with Gasteiger partial charge in [0.25, 0.3) is 0 Å². The number of aliphatic hydroxyl groups excluding tert-OH is 1. The van der Waals surface area contributed by atoms with E-state index in [9.17, 15) is 9.50 Å². The maximum absolute atomic E-state index is 13.4. The lowest BCUT2D eigenvalue weighted by Crippen LogP contribution is -2.03. The van der Waals surface area contributed by atoms with Crippen LogP contribution in [0.4, 0.5) is 4.39 Å². The Morgan fingerprint density at radius 3 is 2.70 bits per heavy atom. The summed E-state index contributed by atoms with van der Waals surface area (Å²) in [4.78, 5) is 0. The molecule has 0 bridgehead atoms. The summed E-state index contributed by atoms with van der Waals surface area (Å²) in [6, 6.07) is 11.0. The first-order valence-corrected chi connectivity index (χ1v) is 7.66. The molecule has 1 nitrogen and oxygen atoms in total. The molecule has 0 aromatic heterocycles. The minimum absolute atomic E-state index is 0.331. The van der Waals surface area contributed by atoms with Crippen LogP contribution in [0.1, 0.15) is 34.8 Å². The summed E-state index contributed by atoms with van der Waals surface area (Å²) >= 11 is 3.26. The smallest absolute Gasteiger partial charge is 0.124 e. The average molecular weight is 335 g/mol. The van der Waals surface area contributed by atoms with E-state index in [-0.39, 0.29) is 5.82 Å². The predicted octanol–water partition coefficient (Wildman–Crippen LogP) is 4.35. The maximum Gasteiger partial charge on any atom is 0.124 e. The Kier molecular flexibility index (Phi) is 3.90. The van der Waals surface area contributed by atoms with Gasteiger partial charge in [0.05, 0.1) is 6.10 Å². The first-order chi connectivity index (χ1) is 9.61. The fourth-order valence-electron chi connectivity index (χ4n) is 2.86. The average Bonchev–Trinajstić information content (AvgIpc) is 2.85. The molecule has 3 rings (SSSR count). The third-order valence-corrected chi connectivity index (χ3v) is 4.32. The number of halogens is 2. The van der Waals surface area contributed by atoms with Crippen molar-refractivity contribution in [3.05, 3.63) is 68.9 Å². The molecule has 0 spiro atoms. The summed E-state index contributed by atoms with van der Waals surface area (Å²) in [7, 11) is 0. The zero-order valence-electron chi connectivity index (χ0n) is 11.1. The molecule has 1 aliphatic carbocycles. The van der Waals surface area contributed by atoms with Gasteiger partial charge in [-0.15, -0.1) is 0 Å². The second kappa shape index (κ2) is 5.66. The molecule has 20 heavy (non-hydrogen) atoms. The lowest BCUT2D eigenvalue weighted by Gasteiger charge is -2.13. The first kappa shape index (κ1) is 13.8. The van der Waals surface area contributed by atoms with Gasteiger partial charge in [0.1, 0.15) is 5.82 Å². The topological polar surface area (TPSA) is 20.2 Å². The predicted molar refractivity (Wildman–Crippen MR) is 81.2 cm³/mol. The maximum atomic E-state index is 13.4. The molecule has 2 aromatic rings. The number of benzene rings is 2. The number of rotatable bonds is 3. The molecule has 0 amide bonds.